The standard InChI is InChI=1S/C18H21NO4/c1-3-19(18(20)21)11-12-22-16-9-10-17(14(2)13-16)23-15-7-5-4-6-8-15/h4-10,13H,3,11-12H2,1-2H3,(H,20,21). The maximum atomic E-state index is 10.9. The molecule has 2 aromatic carbocycles. The third-order valence-electron chi connectivity index (χ3n) is 3.40. The van der Waals surface area contributed by atoms with Gasteiger partial charge in [0.1, 0.15) is 23.9 Å². The van der Waals surface area contributed by atoms with Gasteiger partial charge in [-0.05, 0) is 49.7 Å². The fourth-order valence-electron chi connectivity index (χ4n) is 2.10. The minimum atomic E-state index is -0.932. The third kappa shape index (κ3) is 4.92. The van der Waals surface area contributed by atoms with E-state index in [9.17, 15) is 4.79 Å². The Hall–Kier alpha value is -2.69. The molecule has 0 radical (unpaired) electrons. The molecule has 0 atom stereocenters. The van der Waals surface area contributed by atoms with E-state index in [2.05, 4.69) is 0 Å². The van der Waals surface area contributed by atoms with E-state index in [1.165, 1.54) is 4.90 Å². The number of ether oxygens (including phenoxy) is 2. The summed E-state index contributed by atoms with van der Waals surface area (Å²) in [6.07, 6.45) is -0.932. The Morgan fingerprint density at radius 1 is 1.13 bits per heavy atom. The molecule has 5 heteroatoms. The number of benzene rings is 2. The number of hydrogen-bond acceptors (Lipinski definition) is 3. The summed E-state index contributed by atoms with van der Waals surface area (Å²) < 4.78 is 11.4. The predicted molar refractivity (Wildman–Crippen MR) is 88.5 cm³/mol. The summed E-state index contributed by atoms with van der Waals surface area (Å²) in [6, 6.07) is 15.1. The quantitative estimate of drug-likeness (QED) is 0.833. The smallest absolute Gasteiger partial charge is 0.407 e. The first kappa shape index (κ1) is 16.7. The Bertz CT molecular complexity index is 643. The number of carbonyl (C=O) groups is 1. The van der Waals surface area contributed by atoms with E-state index in [1.807, 2.05) is 55.5 Å². The van der Waals surface area contributed by atoms with E-state index < -0.39 is 6.09 Å². The van der Waals surface area contributed by atoms with Gasteiger partial charge in [0.2, 0.25) is 0 Å². The van der Waals surface area contributed by atoms with E-state index in [4.69, 9.17) is 14.6 Å². The summed E-state index contributed by atoms with van der Waals surface area (Å²) in [6.45, 7) is 4.85. The molecule has 0 aliphatic carbocycles. The van der Waals surface area contributed by atoms with Crippen molar-refractivity contribution in [3.05, 3.63) is 54.1 Å². The molecule has 0 aliphatic rings. The van der Waals surface area contributed by atoms with Gasteiger partial charge in [0, 0.05) is 6.54 Å². The van der Waals surface area contributed by atoms with Gasteiger partial charge in [0.05, 0.1) is 6.54 Å². The SMILES string of the molecule is CCN(CCOc1ccc(Oc2ccccc2)c(C)c1)C(=O)O. The Morgan fingerprint density at radius 3 is 2.48 bits per heavy atom. The zero-order chi connectivity index (χ0) is 16.7. The summed E-state index contributed by atoms with van der Waals surface area (Å²) in [7, 11) is 0. The average Bonchev–Trinajstić information content (AvgIpc) is 2.54. The highest BCUT2D eigenvalue weighted by molar-refractivity contribution is 5.64. The van der Waals surface area contributed by atoms with Crippen molar-refractivity contribution in [2.75, 3.05) is 19.7 Å². The van der Waals surface area contributed by atoms with Gasteiger partial charge in [-0.1, -0.05) is 18.2 Å². The lowest BCUT2D eigenvalue weighted by molar-refractivity contribution is 0.138. The number of amides is 1. The van der Waals surface area contributed by atoms with Crippen molar-refractivity contribution in [3.63, 3.8) is 0 Å². The summed E-state index contributed by atoms with van der Waals surface area (Å²) in [5.74, 6) is 2.25. The maximum Gasteiger partial charge on any atom is 0.407 e. The highest BCUT2D eigenvalue weighted by Gasteiger charge is 2.09. The first-order valence-electron chi connectivity index (χ1n) is 7.54. The second kappa shape index (κ2) is 8.08. The van der Waals surface area contributed by atoms with Gasteiger partial charge in [-0.25, -0.2) is 4.79 Å². The van der Waals surface area contributed by atoms with Gasteiger partial charge in [-0.15, -0.1) is 0 Å². The zero-order valence-corrected chi connectivity index (χ0v) is 13.4. The van der Waals surface area contributed by atoms with Crippen molar-refractivity contribution in [1.82, 2.24) is 4.90 Å². The average molecular weight is 315 g/mol. The van der Waals surface area contributed by atoms with Crippen LogP contribution in [0.1, 0.15) is 12.5 Å². The molecule has 0 spiro atoms. The highest BCUT2D eigenvalue weighted by atomic mass is 16.5. The molecule has 0 aromatic heterocycles. The van der Waals surface area contributed by atoms with Gasteiger partial charge >= 0.3 is 6.09 Å². The Kier molecular flexibility index (Phi) is 5.86. The Morgan fingerprint density at radius 2 is 1.87 bits per heavy atom. The van der Waals surface area contributed by atoms with E-state index in [1.54, 1.807) is 6.92 Å². The maximum absolute atomic E-state index is 10.9. The van der Waals surface area contributed by atoms with Gasteiger partial charge < -0.3 is 19.5 Å². The number of likely N-dealkylation sites (N-methyl/N-ethyl adjacent to an activating group) is 1. The largest absolute Gasteiger partial charge is 0.492 e. The Labute approximate surface area is 136 Å². The second-order valence-electron chi connectivity index (χ2n) is 5.05. The molecule has 2 aromatic rings. The molecule has 0 bridgehead atoms. The summed E-state index contributed by atoms with van der Waals surface area (Å²) in [5.41, 5.74) is 0.955. The van der Waals surface area contributed by atoms with Crippen LogP contribution in [0.5, 0.6) is 17.2 Å². The van der Waals surface area contributed by atoms with Crippen LogP contribution in [0.2, 0.25) is 0 Å². The predicted octanol–water partition coefficient (Wildman–Crippen LogP) is 4.17. The summed E-state index contributed by atoms with van der Waals surface area (Å²) in [4.78, 5) is 12.2. The van der Waals surface area contributed by atoms with Crippen molar-refractivity contribution >= 4 is 6.09 Å². The third-order valence-corrected chi connectivity index (χ3v) is 3.40. The molecular formula is C18H21NO4. The van der Waals surface area contributed by atoms with Crippen molar-refractivity contribution in [2.45, 2.75) is 13.8 Å². The van der Waals surface area contributed by atoms with Crippen LogP contribution in [0.25, 0.3) is 0 Å². The molecule has 0 saturated heterocycles. The second-order valence-corrected chi connectivity index (χ2v) is 5.05. The van der Waals surface area contributed by atoms with E-state index in [-0.39, 0.29) is 0 Å². The highest BCUT2D eigenvalue weighted by Crippen LogP contribution is 2.27. The van der Waals surface area contributed by atoms with Crippen molar-refractivity contribution < 1.29 is 19.4 Å². The van der Waals surface area contributed by atoms with Crippen molar-refractivity contribution in [1.29, 1.82) is 0 Å². The minimum Gasteiger partial charge on any atom is -0.492 e. The van der Waals surface area contributed by atoms with Gasteiger partial charge in [-0.3, -0.25) is 0 Å². The molecular weight excluding hydrogens is 294 g/mol. The summed E-state index contributed by atoms with van der Waals surface area (Å²) in [5, 5.41) is 8.94. The van der Waals surface area contributed by atoms with E-state index in [0.29, 0.717) is 25.4 Å². The first-order valence-corrected chi connectivity index (χ1v) is 7.54. The molecule has 2 rings (SSSR count). The van der Waals surface area contributed by atoms with Crippen LogP contribution in [0, 0.1) is 6.92 Å². The molecule has 0 aliphatic heterocycles. The van der Waals surface area contributed by atoms with Crippen molar-refractivity contribution in [3.8, 4) is 17.2 Å². The lowest BCUT2D eigenvalue weighted by Crippen LogP contribution is -2.33. The fourth-order valence-corrected chi connectivity index (χ4v) is 2.10. The molecule has 0 heterocycles. The van der Waals surface area contributed by atoms with Gasteiger partial charge in [-0.2, -0.15) is 0 Å². The number of nitrogens with zero attached hydrogens (tertiary/aromatic N) is 1. The van der Waals surface area contributed by atoms with Gasteiger partial charge in [0.25, 0.3) is 0 Å². The fraction of sp³-hybridized carbons (Fsp3) is 0.278. The molecule has 0 saturated carbocycles. The number of rotatable bonds is 7. The lowest BCUT2D eigenvalue weighted by Gasteiger charge is -2.17. The van der Waals surface area contributed by atoms with Crippen LogP contribution in [-0.4, -0.2) is 35.8 Å². The molecule has 1 amide bonds. The molecule has 0 unspecified atom stereocenters. The molecule has 23 heavy (non-hydrogen) atoms. The normalized spacial score (nSPS) is 10.2. The van der Waals surface area contributed by atoms with Crippen LogP contribution >= 0.6 is 0 Å². The number of para-hydroxylation sites is 1. The number of aryl methyl sites for hydroxylation is 1. The molecule has 0 fully saturated rings. The summed E-state index contributed by atoms with van der Waals surface area (Å²) >= 11 is 0. The van der Waals surface area contributed by atoms with Crippen LogP contribution in [-0.2, 0) is 0 Å². The van der Waals surface area contributed by atoms with Crippen LogP contribution in [0.4, 0.5) is 4.79 Å². The zero-order valence-electron chi connectivity index (χ0n) is 13.4. The monoisotopic (exact) mass is 315 g/mol. The topological polar surface area (TPSA) is 59.0 Å². The minimum absolute atomic E-state index is 0.318. The Balaban J connectivity index is 1.93. The van der Waals surface area contributed by atoms with Crippen LogP contribution < -0.4 is 9.47 Å². The van der Waals surface area contributed by atoms with E-state index >= 15 is 0 Å². The van der Waals surface area contributed by atoms with Crippen LogP contribution in [0.3, 0.4) is 0 Å². The number of hydrogen-bond donors (Lipinski definition) is 1. The van der Waals surface area contributed by atoms with Gasteiger partial charge in [0.15, 0.2) is 0 Å². The number of carboxylic acid groups (broad SMARTS) is 1. The van der Waals surface area contributed by atoms with Crippen LogP contribution in [0.15, 0.2) is 48.5 Å². The lowest BCUT2D eigenvalue weighted by atomic mass is 10.2. The van der Waals surface area contributed by atoms with E-state index in [0.717, 1.165) is 17.1 Å². The molecule has 122 valence electrons. The van der Waals surface area contributed by atoms with Crippen molar-refractivity contribution in [2.24, 2.45) is 0 Å². The molecule has 5 nitrogen and oxygen atoms in total. The first-order chi connectivity index (χ1) is 11.1. The molecule has 1 N–H and O–H groups in total.